The van der Waals surface area contributed by atoms with E-state index in [9.17, 15) is 0 Å². The summed E-state index contributed by atoms with van der Waals surface area (Å²) < 4.78 is 0. The highest BCUT2D eigenvalue weighted by Gasteiger charge is 2.38. The predicted molar refractivity (Wildman–Crippen MR) is 131 cm³/mol. The fraction of sp³-hybridized carbons (Fsp3) is 0.348. The van der Waals surface area contributed by atoms with Crippen LogP contribution in [0.25, 0.3) is 0 Å². The molecule has 1 fully saturated rings. The van der Waals surface area contributed by atoms with Crippen molar-refractivity contribution in [2.45, 2.75) is 37.5 Å². The Morgan fingerprint density at radius 2 is 1.77 bits per heavy atom. The molecule has 0 bridgehead atoms. The number of halogens is 1. The van der Waals surface area contributed by atoms with Gasteiger partial charge in [-0.3, -0.25) is 9.80 Å². The molecule has 4 N–H and O–H groups in total. The first-order chi connectivity index (χ1) is 15.1. The summed E-state index contributed by atoms with van der Waals surface area (Å²) in [6, 6.07) is 16.3. The van der Waals surface area contributed by atoms with Crippen molar-refractivity contribution in [1.29, 1.82) is 0 Å². The van der Waals surface area contributed by atoms with Gasteiger partial charge in [0.1, 0.15) is 17.5 Å². The van der Waals surface area contributed by atoms with E-state index in [4.69, 9.17) is 28.1 Å². The molecule has 0 saturated carbocycles. The Morgan fingerprint density at radius 3 is 2.58 bits per heavy atom. The fourth-order valence-corrected chi connectivity index (χ4v) is 5.71. The van der Waals surface area contributed by atoms with Gasteiger partial charge < -0.3 is 16.4 Å². The number of anilines is 2. The number of benzene rings is 2. The minimum atomic E-state index is -0.358. The third kappa shape index (κ3) is 4.21. The van der Waals surface area contributed by atoms with E-state index >= 15 is 0 Å². The zero-order valence-corrected chi connectivity index (χ0v) is 18.9. The molecule has 1 saturated heterocycles. The molecule has 3 aliphatic heterocycles. The smallest absolute Gasteiger partial charge is 0.150 e. The Kier molecular flexibility index (Phi) is 5.95. The molecule has 162 valence electrons. The van der Waals surface area contributed by atoms with E-state index in [0.717, 1.165) is 28.6 Å². The Bertz CT molecular complexity index is 1020. The van der Waals surface area contributed by atoms with E-state index < -0.39 is 0 Å². The topological polar surface area (TPSA) is 74.1 Å². The molecule has 0 amide bonds. The first kappa shape index (κ1) is 20.8. The first-order valence-corrected chi connectivity index (χ1v) is 12.0. The van der Waals surface area contributed by atoms with Crippen LogP contribution in [0.15, 0.2) is 64.2 Å². The summed E-state index contributed by atoms with van der Waals surface area (Å²) in [5.74, 6) is 0.832. The van der Waals surface area contributed by atoms with Crippen molar-refractivity contribution < 1.29 is 0 Å². The van der Waals surface area contributed by atoms with Crippen molar-refractivity contribution in [1.82, 2.24) is 4.90 Å². The average molecular weight is 455 g/mol. The third-order valence-corrected chi connectivity index (χ3v) is 7.34. The summed E-state index contributed by atoms with van der Waals surface area (Å²) in [4.78, 5) is 12.3. The van der Waals surface area contributed by atoms with Gasteiger partial charge in [0.2, 0.25) is 0 Å². The molecular weight excluding hydrogens is 428 g/mol. The summed E-state index contributed by atoms with van der Waals surface area (Å²) >= 11 is 7.74. The molecule has 6 nitrogen and oxygen atoms in total. The highest BCUT2D eigenvalue weighted by Crippen LogP contribution is 2.43. The zero-order valence-electron chi connectivity index (χ0n) is 17.3. The van der Waals surface area contributed by atoms with Gasteiger partial charge in [-0.2, -0.15) is 0 Å². The molecule has 2 unspecified atom stereocenters. The third-order valence-electron chi connectivity index (χ3n) is 5.97. The zero-order chi connectivity index (χ0) is 21.4. The second-order valence-corrected chi connectivity index (χ2v) is 9.74. The maximum atomic E-state index is 6.63. The van der Waals surface area contributed by atoms with Gasteiger partial charge in [-0.1, -0.05) is 48.0 Å². The lowest BCUT2D eigenvalue weighted by atomic mass is 10.1. The molecule has 3 heterocycles. The number of aliphatic imine (C=N–C) groups is 1. The Hall–Kier alpha value is -2.03. The lowest BCUT2D eigenvalue weighted by Gasteiger charge is -2.31. The minimum absolute atomic E-state index is 0.266. The number of hydrogen-bond donors (Lipinski definition) is 2. The van der Waals surface area contributed by atoms with E-state index in [2.05, 4.69) is 34.1 Å². The summed E-state index contributed by atoms with van der Waals surface area (Å²) in [5, 5.41) is 0.667. The van der Waals surface area contributed by atoms with E-state index in [1.54, 1.807) is 18.1 Å². The molecule has 2 atom stereocenters. The van der Waals surface area contributed by atoms with Crippen LogP contribution >= 0.6 is 23.4 Å². The molecule has 8 heteroatoms. The van der Waals surface area contributed by atoms with Crippen LogP contribution in [0.5, 0.6) is 0 Å². The summed E-state index contributed by atoms with van der Waals surface area (Å²) in [5.41, 5.74) is 16.2. The molecule has 31 heavy (non-hydrogen) atoms. The summed E-state index contributed by atoms with van der Waals surface area (Å²) in [6.45, 7) is 3.33. The van der Waals surface area contributed by atoms with Crippen LogP contribution in [0.3, 0.4) is 0 Å². The van der Waals surface area contributed by atoms with Gasteiger partial charge in [-0.05, 0) is 61.8 Å². The van der Waals surface area contributed by atoms with Gasteiger partial charge in [0.25, 0.3) is 0 Å². The van der Waals surface area contributed by atoms with Crippen molar-refractivity contribution in [3.63, 3.8) is 0 Å². The molecule has 2 aromatic rings. The molecular formula is C23H27ClN6S. The van der Waals surface area contributed by atoms with Gasteiger partial charge in [0, 0.05) is 22.9 Å². The van der Waals surface area contributed by atoms with Crippen LogP contribution in [0.1, 0.15) is 24.8 Å². The largest absolute Gasteiger partial charge is 0.312 e. The van der Waals surface area contributed by atoms with E-state index in [-0.39, 0.29) is 11.7 Å². The number of likely N-dealkylation sites (tertiary alicyclic amines) is 1. The molecule has 5 rings (SSSR count). The lowest BCUT2D eigenvalue weighted by molar-refractivity contribution is 0.221. The second-order valence-electron chi connectivity index (χ2n) is 8.15. The van der Waals surface area contributed by atoms with Gasteiger partial charge in [0.05, 0.1) is 11.2 Å². The fourth-order valence-electron chi connectivity index (χ4n) is 4.43. The quantitative estimate of drug-likeness (QED) is 0.723. The molecule has 0 radical (unpaired) electrons. The predicted octanol–water partition coefficient (Wildman–Crippen LogP) is 4.12. The van der Waals surface area contributed by atoms with Crippen LogP contribution in [0.2, 0.25) is 5.02 Å². The minimum Gasteiger partial charge on any atom is -0.312 e. The van der Waals surface area contributed by atoms with E-state index in [1.165, 1.54) is 37.9 Å². The van der Waals surface area contributed by atoms with Crippen LogP contribution in [-0.2, 0) is 6.54 Å². The Balaban J connectivity index is 1.39. The van der Waals surface area contributed by atoms with Crippen LogP contribution in [-0.4, -0.2) is 36.0 Å². The number of thioether (sulfide) groups is 1. The van der Waals surface area contributed by atoms with Crippen molar-refractivity contribution in [2.24, 2.45) is 16.5 Å². The number of nitrogens with zero attached hydrogens (tertiary/aromatic N) is 4. The van der Waals surface area contributed by atoms with E-state index in [1.807, 2.05) is 29.2 Å². The summed E-state index contributed by atoms with van der Waals surface area (Å²) in [6.07, 6.45) is 5.35. The molecule has 0 spiro atoms. The van der Waals surface area contributed by atoms with Gasteiger partial charge >= 0.3 is 0 Å². The van der Waals surface area contributed by atoms with Gasteiger partial charge in [-0.15, -0.1) is 0 Å². The highest BCUT2D eigenvalue weighted by molar-refractivity contribution is 8.04. The molecule has 3 aliphatic rings. The number of rotatable bonds is 4. The maximum absolute atomic E-state index is 6.63. The first-order valence-electron chi connectivity index (χ1n) is 10.7. The van der Waals surface area contributed by atoms with Gasteiger partial charge in [0.15, 0.2) is 0 Å². The maximum Gasteiger partial charge on any atom is 0.150 e. The van der Waals surface area contributed by atoms with Gasteiger partial charge in [-0.25, -0.2) is 4.99 Å². The lowest BCUT2D eigenvalue weighted by Crippen LogP contribution is -2.44. The number of piperidine rings is 1. The molecule has 0 aromatic heterocycles. The van der Waals surface area contributed by atoms with Crippen molar-refractivity contribution in [2.75, 3.05) is 22.9 Å². The molecule has 2 aromatic carbocycles. The number of hydrogen-bond acceptors (Lipinski definition) is 7. The van der Waals surface area contributed by atoms with Crippen LogP contribution < -0.4 is 21.3 Å². The van der Waals surface area contributed by atoms with Crippen molar-refractivity contribution >= 4 is 41.1 Å². The Labute approximate surface area is 192 Å². The Morgan fingerprint density at radius 1 is 1.00 bits per heavy atom. The normalized spacial score (nSPS) is 24.1. The highest BCUT2D eigenvalue weighted by atomic mass is 35.5. The van der Waals surface area contributed by atoms with E-state index in [0.29, 0.717) is 5.02 Å². The van der Waals surface area contributed by atoms with Crippen LogP contribution in [0.4, 0.5) is 11.4 Å². The SMILES string of the molecule is NC1C2=C(N=CN1c1cccc(Cl)c1)N(c1cccc(CN3CCCCC3)c1)C(N)S2. The monoisotopic (exact) mass is 454 g/mol. The van der Waals surface area contributed by atoms with Crippen molar-refractivity contribution in [3.8, 4) is 0 Å². The number of nitrogens with two attached hydrogens (primary N) is 2. The van der Waals surface area contributed by atoms with Crippen LogP contribution in [0, 0.1) is 0 Å². The van der Waals surface area contributed by atoms with Crippen molar-refractivity contribution in [3.05, 3.63) is 69.8 Å². The average Bonchev–Trinajstić information content (AvgIpc) is 3.12. The standard InChI is InChI=1S/C23H27ClN6S/c24-17-7-5-8-18(13-17)29-15-27-22-20(21(29)25)31-23(26)30(22)19-9-4-6-16(12-19)14-28-10-2-1-3-11-28/h4-9,12-13,15,21,23H,1-3,10-11,14,25-26H2. The summed E-state index contributed by atoms with van der Waals surface area (Å²) in [7, 11) is 0. The second kappa shape index (κ2) is 8.84. The molecule has 0 aliphatic carbocycles.